The van der Waals surface area contributed by atoms with Gasteiger partial charge in [0.15, 0.2) is 0 Å². The molecule has 2 rings (SSSR count). The van der Waals surface area contributed by atoms with Crippen LogP contribution in [-0.2, 0) is 0 Å². The van der Waals surface area contributed by atoms with Gasteiger partial charge in [-0.2, -0.15) is 5.10 Å². The van der Waals surface area contributed by atoms with Crippen molar-refractivity contribution in [2.45, 2.75) is 45.3 Å². The standard InChI is InChI=1S/C10H19N3/c1-10(2,3)13-6-4-5-8-7-11-12-9(8)13/h7-9,12H,4-6H2,1-3H3. The van der Waals surface area contributed by atoms with E-state index in [1.165, 1.54) is 19.4 Å². The number of hydrazone groups is 1. The normalized spacial score (nSPS) is 34.4. The number of piperidine rings is 1. The molecule has 0 bridgehead atoms. The highest BCUT2D eigenvalue weighted by atomic mass is 15.5. The van der Waals surface area contributed by atoms with E-state index in [9.17, 15) is 0 Å². The summed E-state index contributed by atoms with van der Waals surface area (Å²) in [5.74, 6) is 0.632. The minimum atomic E-state index is 0.254. The quantitative estimate of drug-likeness (QED) is 0.612. The van der Waals surface area contributed by atoms with Crippen LogP contribution in [0.3, 0.4) is 0 Å². The summed E-state index contributed by atoms with van der Waals surface area (Å²) < 4.78 is 0. The maximum atomic E-state index is 4.17. The Kier molecular flexibility index (Phi) is 2.06. The lowest BCUT2D eigenvalue weighted by Gasteiger charge is -2.44. The summed E-state index contributed by atoms with van der Waals surface area (Å²) >= 11 is 0. The van der Waals surface area contributed by atoms with Gasteiger partial charge in [0.05, 0.1) is 0 Å². The van der Waals surface area contributed by atoms with E-state index in [1.807, 2.05) is 0 Å². The number of fused-ring (bicyclic) bond motifs is 1. The summed E-state index contributed by atoms with van der Waals surface area (Å²) in [6, 6.07) is 0. The maximum Gasteiger partial charge on any atom is 0.104 e. The van der Waals surface area contributed by atoms with Crippen LogP contribution >= 0.6 is 0 Å². The number of likely N-dealkylation sites (tertiary alicyclic amines) is 1. The van der Waals surface area contributed by atoms with Gasteiger partial charge in [-0.3, -0.25) is 10.3 Å². The third kappa shape index (κ3) is 1.57. The molecule has 2 unspecified atom stereocenters. The van der Waals surface area contributed by atoms with Crippen molar-refractivity contribution in [1.82, 2.24) is 10.3 Å². The molecule has 2 aliphatic rings. The summed E-state index contributed by atoms with van der Waals surface area (Å²) in [6.45, 7) is 8.02. The van der Waals surface area contributed by atoms with Gasteiger partial charge in [0.2, 0.25) is 0 Å². The zero-order valence-corrected chi connectivity index (χ0v) is 8.75. The highest BCUT2D eigenvalue weighted by Crippen LogP contribution is 2.29. The second-order valence-electron chi connectivity index (χ2n) is 5.02. The van der Waals surface area contributed by atoms with E-state index in [1.54, 1.807) is 0 Å². The van der Waals surface area contributed by atoms with E-state index in [0.717, 1.165) is 0 Å². The molecule has 3 nitrogen and oxygen atoms in total. The number of nitrogens with one attached hydrogen (secondary N) is 1. The van der Waals surface area contributed by atoms with Gasteiger partial charge in [0.25, 0.3) is 0 Å². The Morgan fingerprint density at radius 3 is 2.92 bits per heavy atom. The van der Waals surface area contributed by atoms with Crippen LogP contribution in [0.5, 0.6) is 0 Å². The SMILES string of the molecule is CC(C)(C)N1CCCC2C=NNC21. The van der Waals surface area contributed by atoms with Crippen LogP contribution in [0, 0.1) is 5.92 Å². The molecule has 1 saturated heterocycles. The maximum absolute atomic E-state index is 4.17. The summed E-state index contributed by atoms with van der Waals surface area (Å²) in [6.07, 6.45) is 5.11. The van der Waals surface area contributed by atoms with Gasteiger partial charge in [-0.1, -0.05) is 0 Å². The van der Waals surface area contributed by atoms with Crippen LogP contribution in [0.1, 0.15) is 33.6 Å². The Labute approximate surface area is 80.2 Å². The van der Waals surface area contributed by atoms with Crippen LogP contribution in [0.2, 0.25) is 0 Å². The molecule has 2 atom stereocenters. The zero-order valence-electron chi connectivity index (χ0n) is 8.75. The average molecular weight is 181 g/mol. The fourth-order valence-electron chi connectivity index (χ4n) is 2.31. The molecule has 74 valence electrons. The van der Waals surface area contributed by atoms with Crippen molar-refractivity contribution in [3.05, 3.63) is 0 Å². The third-order valence-corrected chi connectivity index (χ3v) is 3.01. The van der Waals surface area contributed by atoms with E-state index in [0.29, 0.717) is 12.1 Å². The van der Waals surface area contributed by atoms with Crippen LogP contribution in [-0.4, -0.2) is 29.4 Å². The molecule has 1 N–H and O–H groups in total. The van der Waals surface area contributed by atoms with Crippen LogP contribution in [0.15, 0.2) is 5.10 Å². The predicted octanol–water partition coefficient (Wildman–Crippen LogP) is 1.41. The fraction of sp³-hybridized carbons (Fsp3) is 0.900. The number of hydrogen-bond acceptors (Lipinski definition) is 3. The van der Waals surface area contributed by atoms with Crippen LogP contribution < -0.4 is 5.43 Å². The minimum absolute atomic E-state index is 0.254. The van der Waals surface area contributed by atoms with Crippen LogP contribution in [0.4, 0.5) is 0 Å². The predicted molar refractivity (Wildman–Crippen MR) is 54.6 cm³/mol. The second kappa shape index (κ2) is 2.98. The van der Waals surface area contributed by atoms with Crippen molar-refractivity contribution in [2.75, 3.05) is 6.54 Å². The van der Waals surface area contributed by atoms with Gasteiger partial charge in [-0.15, -0.1) is 0 Å². The van der Waals surface area contributed by atoms with Gasteiger partial charge in [0.1, 0.15) is 6.17 Å². The Morgan fingerprint density at radius 2 is 2.23 bits per heavy atom. The number of rotatable bonds is 0. The average Bonchev–Trinajstić information content (AvgIpc) is 2.48. The van der Waals surface area contributed by atoms with Gasteiger partial charge >= 0.3 is 0 Å². The van der Waals surface area contributed by atoms with Crippen molar-refractivity contribution in [2.24, 2.45) is 11.0 Å². The molecular formula is C10H19N3. The Hall–Kier alpha value is -0.570. The van der Waals surface area contributed by atoms with Gasteiger partial charge in [-0.05, 0) is 33.6 Å². The molecule has 0 saturated carbocycles. The molecule has 2 aliphatic heterocycles. The first-order valence-electron chi connectivity index (χ1n) is 5.14. The van der Waals surface area contributed by atoms with E-state index in [4.69, 9.17) is 0 Å². The molecule has 0 spiro atoms. The number of hydrogen-bond donors (Lipinski definition) is 1. The Morgan fingerprint density at radius 1 is 1.46 bits per heavy atom. The fourth-order valence-corrected chi connectivity index (χ4v) is 2.31. The molecule has 0 aliphatic carbocycles. The third-order valence-electron chi connectivity index (χ3n) is 3.01. The largest absolute Gasteiger partial charge is 0.292 e. The molecular weight excluding hydrogens is 162 g/mol. The molecule has 1 fully saturated rings. The summed E-state index contributed by atoms with van der Waals surface area (Å²) in [4.78, 5) is 2.52. The van der Waals surface area contributed by atoms with Crippen molar-refractivity contribution >= 4 is 6.21 Å². The highest BCUT2D eigenvalue weighted by molar-refractivity contribution is 5.63. The molecule has 0 aromatic heterocycles. The van der Waals surface area contributed by atoms with E-state index in [2.05, 4.69) is 42.4 Å². The zero-order chi connectivity index (χ0) is 9.47. The lowest BCUT2D eigenvalue weighted by atomic mass is 9.92. The van der Waals surface area contributed by atoms with Gasteiger partial charge in [0, 0.05) is 24.2 Å². The molecule has 13 heavy (non-hydrogen) atoms. The smallest absolute Gasteiger partial charge is 0.104 e. The Balaban J connectivity index is 2.12. The molecule has 0 aromatic carbocycles. The number of nitrogens with zero attached hydrogens (tertiary/aromatic N) is 2. The minimum Gasteiger partial charge on any atom is -0.292 e. The first kappa shape index (κ1) is 9.00. The van der Waals surface area contributed by atoms with Crippen molar-refractivity contribution in [3.8, 4) is 0 Å². The highest BCUT2D eigenvalue weighted by Gasteiger charge is 2.38. The van der Waals surface area contributed by atoms with Gasteiger partial charge in [-0.25, -0.2) is 0 Å². The molecule has 0 radical (unpaired) electrons. The molecule has 2 heterocycles. The van der Waals surface area contributed by atoms with Gasteiger partial charge < -0.3 is 0 Å². The first-order valence-corrected chi connectivity index (χ1v) is 5.14. The van der Waals surface area contributed by atoms with E-state index in [-0.39, 0.29) is 5.54 Å². The lowest BCUT2D eigenvalue weighted by Crippen LogP contribution is -2.57. The molecule has 3 heteroatoms. The topological polar surface area (TPSA) is 27.6 Å². The van der Waals surface area contributed by atoms with Crippen LogP contribution in [0.25, 0.3) is 0 Å². The molecule has 0 aromatic rings. The summed E-state index contributed by atoms with van der Waals surface area (Å²) in [5, 5.41) is 4.17. The summed E-state index contributed by atoms with van der Waals surface area (Å²) in [5.41, 5.74) is 3.46. The lowest BCUT2D eigenvalue weighted by molar-refractivity contribution is 0.0253. The van der Waals surface area contributed by atoms with Crippen molar-refractivity contribution < 1.29 is 0 Å². The Bertz CT molecular complexity index is 217. The monoisotopic (exact) mass is 181 g/mol. The van der Waals surface area contributed by atoms with E-state index < -0.39 is 0 Å². The second-order valence-corrected chi connectivity index (χ2v) is 5.02. The van der Waals surface area contributed by atoms with Crippen molar-refractivity contribution in [3.63, 3.8) is 0 Å². The van der Waals surface area contributed by atoms with E-state index >= 15 is 0 Å². The van der Waals surface area contributed by atoms with Crippen molar-refractivity contribution in [1.29, 1.82) is 0 Å². The first-order chi connectivity index (χ1) is 6.09. The summed E-state index contributed by atoms with van der Waals surface area (Å²) in [7, 11) is 0. The molecule has 0 amide bonds.